The zero-order valence-electron chi connectivity index (χ0n) is 18.5. The monoisotopic (exact) mass is 460 g/mol. The largest absolute Gasteiger partial charge is 0.465 e. The summed E-state index contributed by atoms with van der Waals surface area (Å²) < 4.78 is 23.3. The highest BCUT2D eigenvalue weighted by atomic mass is 32.2. The minimum absolute atomic E-state index is 0.0332. The topological polar surface area (TPSA) is 59.1 Å². The molecule has 8 heteroatoms. The van der Waals surface area contributed by atoms with Crippen LogP contribution in [0.15, 0.2) is 48.5 Å². The molecule has 0 bridgehead atoms. The second-order valence-electron chi connectivity index (χ2n) is 7.61. The molecule has 1 heterocycles. The Hall–Kier alpha value is -2.42. The normalized spacial score (nSPS) is 15.9. The van der Waals surface area contributed by atoms with E-state index in [2.05, 4.69) is 4.90 Å². The average Bonchev–Trinajstić information content (AvgIpc) is 3.29. The van der Waals surface area contributed by atoms with Gasteiger partial charge in [0.25, 0.3) is 0 Å². The Morgan fingerprint density at radius 3 is 2.69 bits per heavy atom. The Balaban J connectivity index is 1.70. The number of halogens is 1. The lowest BCUT2D eigenvalue weighted by Gasteiger charge is -2.28. The van der Waals surface area contributed by atoms with Crippen LogP contribution >= 0.6 is 11.8 Å². The van der Waals surface area contributed by atoms with Crippen molar-refractivity contribution < 1.29 is 23.5 Å². The van der Waals surface area contributed by atoms with Gasteiger partial charge in [0.1, 0.15) is 11.2 Å². The van der Waals surface area contributed by atoms with Crippen molar-refractivity contribution in [1.29, 1.82) is 0 Å². The van der Waals surface area contributed by atoms with Crippen LogP contribution in [0, 0.1) is 5.82 Å². The molecule has 3 rings (SSSR count). The number of hydrogen-bond donors (Lipinski definition) is 0. The van der Waals surface area contributed by atoms with E-state index in [9.17, 15) is 14.0 Å². The van der Waals surface area contributed by atoms with Gasteiger partial charge < -0.3 is 14.4 Å². The van der Waals surface area contributed by atoms with E-state index in [-0.39, 0.29) is 29.6 Å². The summed E-state index contributed by atoms with van der Waals surface area (Å²) in [6.45, 7) is 2.73. The summed E-state index contributed by atoms with van der Waals surface area (Å²) in [4.78, 5) is 29.0. The van der Waals surface area contributed by atoms with Gasteiger partial charge in [0.15, 0.2) is 0 Å². The smallest absolute Gasteiger partial charge is 0.337 e. The summed E-state index contributed by atoms with van der Waals surface area (Å²) in [5.41, 5.74) is 2.35. The van der Waals surface area contributed by atoms with Crippen LogP contribution in [-0.2, 0) is 20.8 Å². The molecular formula is C24H29FN2O4S. The van der Waals surface area contributed by atoms with Gasteiger partial charge in [-0.2, -0.15) is 0 Å². The van der Waals surface area contributed by atoms with E-state index >= 15 is 0 Å². The van der Waals surface area contributed by atoms with Crippen molar-refractivity contribution >= 4 is 23.6 Å². The van der Waals surface area contributed by atoms with Crippen LogP contribution in [0.4, 0.5) is 4.39 Å². The second kappa shape index (κ2) is 12.0. The van der Waals surface area contributed by atoms with E-state index in [4.69, 9.17) is 9.47 Å². The number of nitrogens with zero attached hydrogens (tertiary/aromatic N) is 2. The number of carbonyl (C=O) groups excluding carboxylic acids is 2. The Morgan fingerprint density at radius 2 is 1.97 bits per heavy atom. The van der Waals surface area contributed by atoms with Gasteiger partial charge in [-0.15, -0.1) is 11.8 Å². The van der Waals surface area contributed by atoms with E-state index < -0.39 is 0 Å². The first kappa shape index (κ1) is 24.2. The summed E-state index contributed by atoms with van der Waals surface area (Å²) in [7, 11) is 3.01. The van der Waals surface area contributed by atoms with Crippen molar-refractivity contribution in [2.24, 2.45) is 0 Å². The van der Waals surface area contributed by atoms with E-state index in [0.29, 0.717) is 31.8 Å². The quantitative estimate of drug-likeness (QED) is 0.398. The number of ether oxygens (including phenoxy) is 2. The Labute approximate surface area is 192 Å². The number of esters is 1. The molecule has 0 saturated carbocycles. The molecule has 0 unspecified atom stereocenters. The van der Waals surface area contributed by atoms with Crippen LogP contribution in [0.5, 0.6) is 0 Å². The van der Waals surface area contributed by atoms with Gasteiger partial charge in [-0.25, -0.2) is 9.18 Å². The van der Waals surface area contributed by atoms with Crippen molar-refractivity contribution in [2.75, 3.05) is 46.2 Å². The number of carbonyl (C=O) groups is 2. The van der Waals surface area contributed by atoms with Gasteiger partial charge >= 0.3 is 5.97 Å². The van der Waals surface area contributed by atoms with Crippen LogP contribution in [0.3, 0.4) is 0 Å². The zero-order valence-corrected chi connectivity index (χ0v) is 19.3. The van der Waals surface area contributed by atoms with Crippen LogP contribution in [0.1, 0.15) is 33.3 Å². The Bertz CT molecular complexity index is 909. The first-order valence-corrected chi connectivity index (χ1v) is 11.6. The molecule has 0 radical (unpaired) electrons. The Morgan fingerprint density at radius 1 is 1.19 bits per heavy atom. The number of methoxy groups -OCH3 is 2. The maximum absolute atomic E-state index is 13.3. The van der Waals surface area contributed by atoms with Gasteiger partial charge in [0.2, 0.25) is 5.91 Å². The van der Waals surface area contributed by atoms with Gasteiger partial charge in [0.05, 0.1) is 19.2 Å². The van der Waals surface area contributed by atoms with Crippen molar-refractivity contribution in [3.05, 3.63) is 71.0 Å². The Kier molecular flexibility index (Phi) is 9.08. The maximum atomic E-state index is 13.3. The van der Waals surface area contributed by atoms with Crippen LogP contribution in [0.25, 0.3) is 0 Å². The second-order valence-corrected chi connectivity index (χ2v) is 8.80. The molecule has 0 aromatic heterocycles. The minimum Gasteiger partial charge on any atom is -0.465 e. The molecule has 1 saturated heterocycles. The first-order valence-electron chi connectivity index (χ1n) is 10.6. The highest BCUT2D eigenvalue weighted by Crippen LogP contribution is 2.38. The molecule has 1 aliphatic rings. The number of rotatable bonds is 10. The summed E-state index contributed by atoms with van der Waals surface area (Å²) in [6.07, 6.45) is 0.788. The molecule has 1 aliphatic heterocycles. The number of amides is 1. The lowest BCUT2D eigenvalue weighted by atomic mass is 10.1. The van der Waals surface area contributed by atoms with Crippen LogP contribution < -0.4 is 0 Å². The molecule has 2 aromatic carbocycles. The molecule has 0 N–H and O–H groups in total. The fourth-order valence-corrected chi connectivity index (χ4v) is 5.01. The lowest BCUT2D eigenvalue weighted by Crippen LogP contribution is -2.40. The predicted octanol–water partition coefficient (Wildman–Crippen LogP) is 3.73. The number of hydrogen-bond acceptors (Lipinski definition) is 6. The fraction of sp³-hybridized carbons (Fsp3) is 0.417. The third-order valence-electron chi connectivity index (χ3n) is 5.30. The predicted molar refractivity (Wildman–Crippen MR) is 123 cm³/mol. The van der Waals surface area contributed by atoms with Gasteiger partial charge in [-0.3, -0.25) is 9.69 Å². The average molecular weight is 461 g/mol. The molecule has 1 fully saturated rings. The van der Waals surface area contributed by atoms with Gasteiger partial charge in [-0.05, 0) is 41.8 Å². The molecule has 1 amide bonds. The summed E-state index contributed by atoms with van der Waals surface area (Å²) in [5, 5.41) is -0.105. The van der Waals surface area contributed by atoms with Crippen molar-refractivity contribution in [1.82, 2.24) is 9.80 Å². The highest BCUT2D eigenvalue weighted by molar-refractivity contribution is 7.99. The molecule has 172 valence electrons. The zero-order chi connectivity index (χ0) is 22.9. The minimum atomic E-state index is -0.384. The first-order chi connectivity index (χ1) is 15.5. The van der Waals surface area contributed by atoms with Crippen molar-refractivity contribution in [3.63, 3.8) is 0 Å². The van der Waals surface area contributed by atoms with Crippen LogP contribution in [0.2, 0.25) is 0 Å². The molecular weight excluding hydrogens is 431 g/mol. The molecule has 0 aliphatic carbocycles. The summed E-state index contributed by atoms with van der Waals surface area (Å²) in [5.74, 6) is 0.211. The third kappa shape index (κ3) is 6.54. The third-order valence-corrected chi connectivity index (χ3v) is 6.56. The number of benzene rings is 2. The molecule has 2 aromatic rings. The summed E-state index contributed by atoms with van der Waals surface area (Å²) >= 11 is 1.69. The number of thioether (sulfide) groups is 1. The SMILES string of the molecule is COCCCN(CC(=O)N1CCS[C@@H]1c1ccc(F)cc1)Cc1cccc(C(=O)OC)c1. The lowest BCUT2D eigenvalue weighted by molar-refractivity contribution is -0.132. The highest BCUT2D eigenvalue weighted by Gasteiger charge is 2.31. The van der Waals surface area contributed by atoms with E-state index in [0.717, 1.165) is 23.3 Å². The van der Waals surface area contributed by atoms with Crippen molar-refractivity contribution in [2.45, 2.75) is 18.3 Å². The van der Waals surface area contributed by atoms with Crippen molar-refractivity contribution in [3.8, 4) is 0 Å². The standard InChI is InChI=1S/C24H29FN2O4S/c1-30-13-4-11-26(16-18-5-3-6-20(15-18)24(29)31-2)17-22(28)27-12-14-32-23(27)19-7-9-21(25)10-8-19/h3,5-10,15,23H,4,11-14,16-17H2,1-2H3/t23-/m1/s1. The maximum Gasteiger partial charge on any atom is 0.337 e. The van der Waals surface area contributed by atoms with Crippen LogP contribution in [-0.4, -0.2) is 67.9 Å². The molecule has 32 heavy (non-hydrogen) atoms. The van der Waals surface area contributed by atoms with Gasteiger partial charge in [-0.1, -0.05) is 24.3 Å². The van der Waals surface area contributed by atoms with E-state index in [1.807, 2.05) is 17.0 Å². The van der Waals surface area contributed by atoms with E-state index in [1.165, 1.54) is 19.2 Å². The van der Waals surface area contributed by atoms with E-state index in [1.54, 1.807) is 43.1 Å². The fourth-order valence-electron chi connectivity index (χ4n) is 3.73. The van der Waals surface area contributed by atoms with Gasteiger partial charge in [0, 0.05) is 39.1 Å². The molecule has 1 atom stereocenters. The molecule has 6 nitrogen and oxygen atoms in total. The summed E-state index contributed by atoms with van der Waals surface area (Å²) in [6, 6.07) is 13.6. The molecule has 0 spiro atoms.